The first-order valence-corrected chi connectivity index (χ1v) is 4.68. The molecule has 0 radical (unpaired) electrons. The second kappa shape index (κ2) is 4.21. The average Bonchev–Trinajstić information content (AvgIpc) is 2.05. The number of rotatable bonds is 3. The highest BCUT2D eigenvalue weighted by atomic mass is 16.5. The SMILES string of the molecule is COC1CCCCC1(O)CCN. The number of hydrogen-bond acceptors (Lipinski definition) is 3. The van der Waals surface area contributed by atoms with Crippen LogP contribution in [0, 0.1) is 0 Å². The van der Waals surface area contributed by atoms with Crippen LogP contribution in [0.25, 0.3) is 0 Å². The lowest BCUT2D eigenvalue weighted by atomic mass is 9.80. The van der Waals surface area contributed by atoms with E-state index in [0.717, 1.165) is 25.7 Å². The molecule has 72 valence electrons. The molecule has 0 aromatic carbocycles. The van der Waals surface area contributed by atoms with Gasteiger partial charge in [-0.2, -0.15) is 0 Å². The summed E-state index contributed by atoms with van der Waals surface area (Å²) in [5, 5.41) is 10.1. The Morgan fingerprint density at radius 1 is 1.58 bits per heavy atom. The van der Waals surface area contributed by atoms with Crippen LogP contribution in [0.5, 0.6) is 0 Å². The van der Waals surface area contributed by atoms with E-state index in [1.54, 1.807) is 7.11 Å². The summed E-state index contributed by atoms with van der Waals surface area (Å²) < 4.78 is 5.25. The van der Waals surface area contributed by atoms with Crippen LogP contribution in [-0.2, 0) is 4.74 Å². The van der Waals surface area contributed by atoms with E-state index in [0.29, 0.717) is 13.0 Å². The molecule has 0 amide bonds. The minimum atomic E-state index is -0.651. The van der Waals surface area contributed by atoms with Crippen molar-refractivity contribution in [1.29, 1.82) is 0 Å². The number of nitrogens with two attached hydrogens (primary N) is 1. The summed E-state index contributed by atoms with van der Waals surface area (Å²) in [4.78, 5) is 0. The van der Waals surface area contributed by atoms with Crippen molar-refractivity contribution in [2.24, 2.45) is 5.73 Å². The first kappa shape index (κ1) is 9.96. The van der Waals surface area contributed by atoms with Crippen molar-refractivity contribution in [2.45, 2.75) is 43.8 Å². The minimum Gasteiger partial charge on any atom is -0.387 e. The lowest BCUT2D eigenvalue weighted by Gasteiger charge is -2.38. The predicted molar refractivity (Wildman–Crippen MR) is 47.9 cm³/mol. The molecule has 0 saturated heterocycles. The van der Waals surface area contributed by atoms with Crippen LogP contribution < -0.4 is 5.73 Å². The number of aliphatic hydroxyl groups is 1. The van der Waals surface area contributed by atoms with Crippen LogP contribution in [0.1, 0.15) is 32.1 Å². The molecule has 0 aliphatic heterocycles. The topological polar surface area (TPSA) is 55.5 Å². The number of ether oxygens (including phenoxy) is 1. The zero-order valence-corrected chi connectivity index (χ0v) is 7.75. The second-order valence-corrected chi connectivity index (χ2v) is 3.61. The first-order chi connectivity index (χ1) is 5.73. The van der Waals surface area contributed by atoms with Gasteiger partial charge in [-0.05, 0) is 25.8 Å². The largest absolute Gasteiger partial charge is 0.387 e. The van der Waals surface area contributed by atoms with Gasteiger partial charge in [-0.25, -0.2) is 0 Å². The molecule has 3 heteroatoms. The smallest absolute Gasteiger partial charge is 0.0920 e. The van der Waals surface area contributed by atoms with Gasteiger partial charge < -0.3 is 15.6 Å². The number of hydrogen-bond donors (Lipinski definition) is 2. The highest BCUT2D eigenvalue weighted by molar-refractivity contribution is 4.91. The zero-order valence-electron chi connectivity index (χ0n) is 7.75. The van der Waals surface area contributed by atoms with Crippen molar-refractivity contribution in [3.05, 3.63) is 0 Å². The van der Waals surface area contributed by atoms with Crippen LogP contribution in [0.3, 0.4) is 0 Å². The molecule has 1 saturated carbocycles. The average molecular weight is 173 g/mol. The quantitative estimate of drug-likeness (QED) is 0.659. The van der Waals surface area contributed by atoms with Gasteiger partial charge in [0.15, 0.2) is 0 Å². The van der Waals surface area contributed by atoms with E-state index >= 15 is 0 Å². The lowest BCUT2D eigenvalue weighted by molar-refractivity contribution is -0.119. The predicted octanol–water partition coefficient (Wildman–Crippen LogP) is 0.655. The fourth-order valence-electron chi connectivity index (χ4n) is 2.06. The Kier molecular flexibility index (Phi) is 3.50. The van der Waals surface area contributed by atoms with Gasteiger partial charge in [0.1, 0.15) is 0 Å². The van der Waals surface area contributed by atoms with Crippen LogP contribution in [-0.4, -0.2) is 30.5 Å². The number of methoxy groups -OCH3 is 1. The Balaban J connectivity index is 2.55. The van der Waals surface area contributed by atoms with Gasteiger partial charge in [-0.1, -0.05) is 12.8 Å². The maximum absolute atomic E-state index is 10.1. The summed E-state index contributed by atoms with van der Waals surface area (Å²) in [7, 11) is 1.66. The Labute approximate surface area is 73.9 Å². The van der Waals surface area contributed by atoms with E-state index in [1.807, 2.05) is 0 Å². The van der Waals surface area contributed by atoms with Crippen LogP contribution in [0.4, 0.5) is 0 Å². The van der Waals surface area contributed by atoms with E-state index in [-0.39, 0.29) is 6.10 Å². The van der Waals surface area contributed by atoms with Crippen LogP contribution in [0.15, 0.2) is 0 Å². The molecule has 1 aliphatic rings. The van der Waals surface area contributed by atoms with Crippen molar-refractivity contribution >= 4 is 0 Å². The third-order valence-corrected chi connectivity index (χ3v) is 2.79. The maximum atomic E-state index is 10.1. The van der Waals surface area contributed by atoms with Crippen molar-refractivity contribution < 1.29 is 9.84 Å². The third-order valence-electron chi connectivity index (χ3n) is 2.79. The highest BCUT2D eigenvalue weighted by Crippen LogP contribution is 2.32. The molecular formula is C9H19NO2. The fraction of sp³-hybridized carbons (Fsp3) is 1.00. The molecule has 0 spiro atoms. The van der Waals surface area contributed by atoms with Gasteiger partial charge in [0.2, 0.25) is 0 Å². The van der Waals surface area contributed by atoms with E-state index in [4.69, 9.17) is 10.5 Å². The Hall–Kier alpha value is -0.120. The zero-order chi connectivity index (χ0) is 9.03. The molecule has 0 aromatic heterocycles. The van der Waals surface area contributed by atoms with Gasteiger partial charge in [0, 0.05) is 7.11 Å². The molecular weight excluding hydrogens is 154 g/mol. The summed E-state index contributed by atoms with van der Waals surface area (Å²) in [5.41, 5.74) is 4.79. The molecule has 1 aliphatic carbocycles. The molecule has 0 aromatic rings. The summed E-state index contributed by atoms with van der Waals surface area (Å²) in [6, 6.07) is 0. The first-order valence-electron chi connectivity index (χ1n) is 4.68. The molecule has 1 fully saturated rings. The molecule has 3 nitrogen and oxygen atoms in total. The molecule has 0 bridgehead atoms. The van der Waals surface area contributed by atoms with Gasteiger partial charge in [0.05, 0.1) is 11.7 Å². The third kappa shape index (κ3) is 1.97. The van der Waals surface area contributed by atoms with Crippen molar-refractivity contribution in [1.82, 2.24) is 0 Å². The Morgan fingerprint density at radius 3 is 2.92 bits per heavy atom. The van der Waals surface area contributed by atoms with E-state index in [1.165, 1.54) is 0 Å². The summed E-state index contributed by atoms with van der Waals surface area (Å²) in [5.74, 6) is 0. The van der Waals surface area contributed by atoms with Crippen molar-refractivity contribution in [2.75, 3.05) is 13.7 Å². The standard InChI is InChI=1S/C9H19NO2/c1-12-8-4-2-3-5-9(8,11)6-7-10/h8,11H,2-7,10H2,1H3. The second-order valence-electron chi connectivity index (χ2n) is 3.61. The Morgan fingerprint density at radius 2 is 2.33 bits per heavy atom. The Bertz CT molecular complexity index is 136. The van der Waals surface area contributed by atoms with Gasteiger partial charge >= 0.3 is 0 Å². The molecule has 12 heavy (non-hydrogen) atoms. The molecule has 2 atom stereocenters. The van der Waals surface area contributed by atoms with Gasteiger partial charge in [-0.3, -0.25) is 0 Å². The van der Waals surface area contributed by atoms with Gasteiger partial charge in [-0.15, -0.1) is 0 Å². The maximum Gasteiger partial charge on any atom is 0.0920 e. The van der Waals surface area contributed by atoms with E-state index in [2.05, 4.69) is 0 Å². The van der Waals surface area contributed by atoms with Crippen LogP contribution in [0.2, 0.25) is 0 Å². The molecule has 3 N–H and O–H groups in total. The van der Waals surface area contributed by atoms with Crippen molar-refractivity contribution in [3.63, 3.8) is 0 Å². The normalized spacial score (nSPS) is 36.8. The van der Waals surface area contributed by atoms with E-state index in [9.17, 15) is 5.11 Å². The van der Waals surface area contributed by atoms with Crippen LogP contribution >= 0.6 is 0 Å². The van der Waals surface area contributed by atoms with E-state index < -0.39 is 5.60 Å². The minimum absolute atomic E-state index is 0.00481. The molecule has 1 rings (SSSR count). The summed E-state index contributed by atoms with van der Waals surface area (Å²) >= 11 is 0. The monoisotopic (exact) mass is 173 g/mol. The summed E-state index contributed by atoms with van der Waals surface area (Å²) in [6.45, 7) is 0.538. The molecule has 0 heterocycles. The highest BCUT2D eigenvalue weighted by Gasteiger charge is 2.38. The van der Waals surface area contributed by atoms with Crippen molar-refractivity contribution in [3.8, 4) is 0 Å². The fourth-order valence-corrected chi connectivity index (χ4v) is 2.06. The lowest BCUT2D eigenvalue weighted by Crippen LogP contribution is -2.47. The van der Waals surface area contributed by atoms with Gasteiger partial charge in [0.25, 0.3) is 0 Å². The molecule has 2 unspecified atom stereocenters. The summed E-state index contributed by atoms with van der Waals surface area (Å²) in [6.07, 6.45) is 4.71.